The van der Waals surface area contributed by atoms with Crippen molar-refractivity contribution in [1.29, 1.82) is 0 Å². The standard InChI is InChI=1S/C25H39N7O6/c1-14(2)20(24(37)38)31-22(35)19-6-4-12-32(19)23(36)18(13-15-7-9-16(33)10-8-15)30-21(34)17(26)5-3-11-29-25(27)28/h7-10,14,17-20,33H,3-6,11-13,26H2,1-2H3,(H,30,34)(H,31,35)(H,37,38)(H4,27,28,29). The second-order valence-electron chi connectivity index (χ2n) is 9.75. The number of phenols is 1. The summed E-state index contributed by atoms with van der Waals surface area (Å²) in [6.45, 7) is 3.95. The van der Waals surface area contributed by atoms with Gasteiger partial charge in [-0.15, -0.1) is 0 Å². The summed E-state index contributed by atoms with van der Waals surface area (Å²) in [6.07, 6.45) is 1.75. The quantitative estimate of drug-likeness (QED) is 0.0937. The summed E-state index contributed by atoms with van der Waals surface area (Å²) in [5.74, 6) is -3.09. The molecule has 1 aromatic rings. The third kappa shape index (κ3) is 8.91. The fourth-order valence-corrected chi connectivity index (χ4v) is 4.26. The highest BCUT2D eigenvalue weighted by Gasteiger charge is 2.39. The van der Waals surface area contributed by atoms with E-state index in [1.807, 2.05) is 0 Å². The number of carboxylic acid groups (broad SMARTS) is 1. The number of guanidine groups is 1. The van der Waals surface area contributed by atoms with Gasteiger partial charge in [-0.3, -0.25) is 19.4 Å². The summed E-state index contributed by atoms with van der Waals surface area (Å²) in [4.78, 5) is 56.3. The molecule has 1 aliphatic rings. The normalized spacial score (nSPS) is 17.4. The number of nitrogens with zero attached hydrogens (tertiary/aromatic N) is 2. The number of nitrogens with two attached hydrogens (primary N) is 3. The summed E-state index contributed by atoms with van der Waals surface area (Å²) in [7, 11) is 0. The van der Waals surface area contributed by atoms with E-state index in [0.717, 1.165) is 0 Å². The number of amides is 3. The van der Waals surface area contributed by atoms with Gasteiger partial charge in [0.15, 0.2) is 5.96 Å². The number of rotatable bonds is 13. The Morgan fingerprint density at radius 2 is 1.79 bits per heavy atom. The molecular formula is C25H39N7O6. The molecule has 0 saturated carbocycles. The molecule has 10 N–H and O–H groups in total. The van der Waals surface area contributed by atoms with Crippen molar-refractivity contribution in [2.24, 2.45) is 28.1 Å². The predicted molar refractivity (Wildman–Crippen MR) is 141 cm³/mol. The number of hydrogen-bond acceptors (Lipinski definition) is 7. The fraction of sp³-hybridized carbons (Fsp3) is 0.560. The number of nitrogens with one attached hydrogen (secondary N) is 2. The van der Waals surface area contributed by atoms with E-state index >= 15 is 0 Å². The summed E-state index contributed by atoms with van der Waals surface area (Å²) >= 11 is 0. The maximum absolute atomic E-state index is 13.7. The van der Waals surface area contributed by atoms with Crippen LogP contribution >= 0.6 is 0 Å². The molecule has 1 saturated heterocycles. The minimum atomic E-state index is -1.16. The molecule has 4 unspecified atom stereocenters. The van der Waals surface area contributed by atoms with E-state index in [1.54, 1.807) is 26.0 Å². The number of hydrogen-bond donors (Lipinski definition) is 7. The lowest BCUT2D eigenvalue weighted by Crippen LogP contribution is -2.57. The SMILES string of the molecule is CC(C)C(NC(=O)C1CCCN1C(=O)C(Cc1ccc(O)cc1)NC(=O)C(N)CCCN=C(N)N)C(=O)O. The van der Waals surface area contributed by atoms with Crippen molar-refractivity contribution in [3.8, 4) is 5.75 Å². The van der Waals surface area contributed by atoms with Crippen LogP contribution in [-0.4, -0.2) is 82.0 Å². The van der Waals surface area contributed by atoms with E-state index in [0.29, 0.717) is 31.4 Å². The topological polar surface area (TPSA) is 226 Å². The first-order chi connectivity index (χ1) is 17.9. The van der Waals surface area contributed by atoms with Crippen LogP contribution in [0.1, 0.15) is 45.1 Å². The van der Waals surface area contributed by atoms with E-state index in [2.05, 4.69) is 15.6 Å². The van der Waals surface area contributed by atoms with Crippen LogP contribution in [0.5, 0.6) is 5.75 Å². The highest BCUT2D eigenvalue weighted by Crippen LogP contribution is 2.21. The minimum Gasteiger partial charge on any atom is -0.508 e. The molecule has 1 heterocycles. The Hall–Kier alpha value is -3.87. The summed E-state index contributed by atoms with van der Waals surface area (Å²) in [5, 5.41) is 24.3. The molecule has 4 atom stereocenters. The molecule has 0 aliphatic carbocycles. The molecule has 210 valence electrons. The second-order valence-corrected chi connectivity index (χ2v) is 9.75. The Morgan fingerprint density at radius 1 is 1.13 bits per heavy atom. The third-order valence-electron chi connectivity index (χ3n) is 6.36. The maximum Gasteiger partial charge on any atom is 0.326 e. The average Bonchev–Trinajstić information content (AvgIpc) is 3.35. The smallest absolute Gasteiger partial charge is 0.326 e. The number of phenolic OH excluding ortho intramolecular Hbond substituents is 1. The minimum absolute atomic E-state index is 0.0536. The van der Waals surface area contributed by atoms with Gasteiger partial charge in [-0.1, -0.05) is 26.0 Å². The largest absolute Gasteiger partial charge is 0.508 e. The van der Waals surface area contributed by atoms with E-state index < -0.39 is 47.9 Å². The first kappa shape index (κ1) is 30.4. The number of aliphatic carboxylic acids is 1. The van der Waals surface area contributed by atoms with Gasteiger partial charge >= 0.3 is 5.97 Å². The molecule has 0 aromatic heterocycles. The second kappa shape index (κ2) is 14.2. The van der Waals surface area contributed by atoms with Crippen molar-refractivity contribution in [1.82, 2.24) is 15.5 Å². The van der Waals surface area contributed by atoms with E-state index in [4.69, 9.17) is 17.2 Å². The highest BCUT2D eigenvalue weighted by molar-refractivity contribution is 5.94. The van der Waals surface area contributed by atoms with Gasteiger partial charge in [0.2, 0.25) is 17.7 Å². The molecule has 2 rings (SSSR count). The lowest BCUT2D eigenvalue weighted by Gasteiger charge is -2.30. The van der Waals surface area contributed by atoms with E-state index in [9.17, 15) is 29.4 Å². The summed E-state index contributed by atoms with van der Waals surface area (Å²) in [5.41, 5.74) is 17.3. The molecule has 1 aliphatic heterocycles. The third-order valence-corrected chi connectivity index (χ3v) is 6.36. The lowest BCUT2D eigenvalue weighted by atomic mass is 10.0. The molecule has 13 heteroatoms. The number of carbonyl (C=O) groups is 4. The van der Waals surface area contributed by atoms with Crippen molar-refractivity contribution in [2.75, 3.05) is 13.1 Å². The molecule has 38 heavy (non-hydrogen) atoms. The van der Waals surface area contributed by atoms with Crippen LogP contribution in [0, 0.1) is 5.92 Å². The van der Waals surface area contributed by atoms with Crippen molar-refractivity contribution >= 4 is 29.7 Å². The number of carbonyl (C=O) groups excluding carboxylic acids is 3. The van der Waals surface area contributed by atoms with Crippen molar-refractivity contribution in [3.63, 3.8) is 0 Å². The van der Waals surface area contributed by atoms with Crippen LogP contribution in [0.25, 0.3) is 0 Å². The Balaban J connectivity index is 2.18. The summed E-state index contributed by atoms with van der Waals surface area (Å²) in [6, 6.07) is 2.29. The first-order valence-electron chi connectivity index (χ1n) is 12.6. The molecule has 1 aromatic carbocycles. The molecule has 0 radical (unpaired) electrons. The van der Waals surface area contributed by atoms with Gasteiger partial charge < -0.3 is 42.9 Å². The Morgan fingerprint density at radius 3 is 2.37 bits per heavy atom. The van der Waals surface area contributed by atoms with Gasteiger partial charge in [-0.05, 0) is 49.3 Å². The van der Waals surface area contributed by atoms with Crippen molar-refractivity contribution in [3.05, 3.63) is 29.8 Å². The Kier molecular flexibility index (Phi) is 11.3. The first-order valence-corrected chi connectivity index (χ1v) is 12.6. The molecule has 0 bridgehead atoms. The maximum atomic E-state index is 13.7. The predicted octanol–water partition coefficient (Wildman–Crippen LogP) is -0.983. The van der Waals surface area contributed by atoms with Gasteiger partial charge in [0, 0.05) is 19.5 Å². The number of aliphatic imine (C=N–C) groups is 1. The van der Waals surface area contributed by atoms with Crippen LogP contribution in [0.4, 0.5) is 0 Å². The van der Waals surface area contributed by atoms with Crippen LogP contribution in [-0.2, 0) is 25.6 Å². The number of aromatic hydroxyl groups is 1. The van der Waals surface area contributed by atoms with E-state index in [1.165, 1.54) is 17.0 Å². The van der Waals surface area contributed by atoms with Gasteiger partial charge in [-0.25, -0.2) is 4.79 Å². The molecule has 3 amide bonds. The van der Waals surface area contributed by atoms with Crippen LogP contribution < -0.4 is 27.8 Å². The number of likely N-dealkylation sites (tertiary alicyclic amines) is 1. The fourth-order valence-electron chi connectivity index (χ4n) is 4.26. The summed E-state index contributed by atoms with van der Waals surface area (Å²) < 4.78 is 0. The van der Waals surface area contributed by atoms with Crippen LogP contribution in [0.3, 0.4) is 0 Å². The molecule has 0 spiro atoms. The molecule has 1 fully saturated rings. The van der Waals surface area contributed by atoms with Crippen LogP contribution in [0.2, 0.25) is 0 Å². The zero-order valence-electron chi connectivity index (χ0n) is 21.8. The zero-order chi connectivity index (χ0) is 28.4. The number of carboxylic acids is 1. The van der Waals surface area contributed by atoms with Gasteiger partial charge in [-0.2, -0.15) is 0 Å². The Labute approximate surface area is 221 Å². The van der Waals surface area contributed by atoms with Gasteiger partial charge in [0.25, 0.3) is 0 Å². The van der Waals surface area contributed by atoms with Crippen LogP contribution in [0.15, 0.2) is 29.3 Å². The molecular weight excluding hydrogens is 494 g/mol. The highest BCUT2D eigenvalue weighted by atomic mass is 16.4. The van der Waals surface area contributed by atoms with Gasteiger partial charge in [0.1, 0.15) is 23.9 Å². The average molecular weight is 534 g/mol. The monoisotopic (exact) mass is 533 g/mol. The molecule has 13 nitrogen and oxygen atoms in total. The number of benzene rings is 1. The van der Waals surface area contributed by atoms with E-state index in [-0.39, 0.29) is 37.0 Å². The lowest BCUT2D eigenvalue weighted by molar-refractivity contribution is -0.145. The Bertz CT molecular complexity index is 1010. The zero-order valence-corrected chi connectivity index (χ0v) is 21.8. The van der Waals surface area contributed by atoms with Gasteiger partial charge in [0.05, 0.1) is 6.04 Å². The van der Waals surface area contributed by atoms with Crippen molar-refractivity contribution < 1.29 is 29.4 Å². The van der Waals surface area contributed by atoms with Crippen molar-refractivity contribution in [2.45, 2.75) is 70.1 Å².